The molecule has 0 spiro atoms. The van der Waals surface area contributed by atoms with Gasteiger partial charge in [-0.25, -0.2) is 9.36 Å². The molecule has 0 aliphatic rings. The van der Waals surface area contributed by atoms with E-state index < -0.39 is 7.92 Å². The Labute approximate surface area is 240 Å². The summed E-state index contributed by atoms with van der Waals surface area (Å²) in [5, 5.41) is 12.9. The second-order valence-corrected chi connectivity index (χ2v) is 11.8. The van der Waals surface area contributed by atoms with E-state index in [0.29, 0.717) is 0 Å². The summed E-state index contributed by atoms with van der Waals surface area (Å²) in [6.07, 6.45) is 1.92. The summed E-state index contributed by atoms with van der Waals surface area (Å²) in [6.45, 7) is 0. The average molecular weight is 547 g/mol. The van der Waals surface area contributed by atoms with Crippen molar-refractivity contribution < 1.29 is 0 Å². The van der Waals surface area contributed by atoms with Crippen molar-refractivity contribution in [3.8, 4) is 33.9 Å². The molecule has 4 nitrogen and oxygen atoms in total. The second kappa shape index (κ2) is 11.2. The topological polar surface area (TPSA) is 35.6 Å². The van der Waals surface area contributed by atoms with Crippen molar-refractivity contribution in [3.05, 3.63) is 164 Å². The summed E-state index contributed by atoms with van der Waals surface area (Å²) in [5.74, 6) is 0. The molecule has 7 rings (SSSR count). The Morgan fingerprint density at radius 3 is 1.51 bits per heavy atom. The lowest BCUT2D eigenvalue weighted by atomic mass is 10.1. The smallest absolute Gasteiger partial charge is 0.120 e. The van der Waals surface area contributed by atoms with Crippen molar-refractivity contribution >= 4 is 24.0 Å². The maximum atomic E-state index is 5.29. The molecule has 2 aromatic heterocycles. The average Bonchev–Trinajstić information content (AvgIpc) is 3.69. The molecule has 0 N–H and O–H groups in total. The fraction of sp³-hybridized carbons (Fsp3) is 0. The third kappa shape index (κ3) is 4.80. The Morgan fingerprint density at radius 1 is 0.463 bits per heavy atom. The third-order valence-corrected chi connectivity index (χ3v) is 9.47. The quantitative estimate of drug-likeness (QED) is 0.199. The third-order valence-electron chi connectivity index (χ3n) is 7.05. The van der Waals surface area contributed by atoms with Crippen LogP contribution in [0.1, 0.15) is 0 Å². The first-order valence-electron chi connectivity index (χ1n) is 13.6. The molecule has 0 radical (unpaired) electrons. The van der Waals surface area contributed by atoms with Gasteiger partial charge in [-0.05, 0) is 28.8 Å². The Bertz CT molecular complexity index is 1820. The van der Waals surface area contributed by atoms with E-state index in [4.69, 9.17) is 10.2 Å². The molecule has 0 atom stereocenters. The molecule has 196 valence electrons. The highest BCUT2D eigenvalue weighted by molar-refractivity contribution is 7.79. The van der Waals surface area contributed by atoms with Gasteiger partial charge in [0.1, 0.15) is 17.1 Å². The standard InChI is InChI=1S/C36H27N4P/c1-6-16-28(17-7-1)34-36(35(29-18-8-2-9-19-29)39(38-34)30-20-10-3-11-21-30)40-33(26-27-37-40)41(31-22-12-4-13-23-31)32-24-14-5-15-25-32/h1-27H. The first kappa shape index (κ1) is 25.0. The number of para-hydroxylation sites is 1. The summed E-state index contributed by atoms with van der Waals surface area (Å²) in [7, 11) is -0.898. The lowest BCUT2D eigenvalue weighted by Gasteiger charge is -2.21. The molecule has 0 fully saturated rings. The van der Waals surface area contributed by atoms with Gasteiger partial charge >= 0.3 is 0 Å². The molecule has 0 unspecified atom stereocenters. The van der Waals surface area contributed by atoms with Crippen molar-refractivity contribution in [2.24, 2.45) is 0 Å². The van der Waals surface area contributed by atoms with Gasteiger partial charge in [0.2, 0.25) is 0 Å². The first-order valence-corrected chi connectivity index (χ1v) is 15.0. The second-order valence-electron chi connectivity index (χ2n) is 9.63. The van der Waals surface area contributed by atoms with E-state index >= 15 is 0 Å². The van der Waals surface area contributed by atoms with Gasteiger partial charge in [0, 0.05) is 19.0 Å². The Balaban J connectivity index is 1.56. The van der Waals surface area contributed by atoms with Crippen LogP contribution in [0.3, 0.4) is 0 Å². The minimum atomic E-state index is -0.898. The van der Waals surface area contributed by atoms with Crippen LogP contribution in [-0.4, -0.2) is 19.6 Å². The lowest BCUT2D eigenvalue weighted by molar-refractivity contribution is 0.886. The summed E-state index contributed by atoms with van der Waals surface area (Å²) in [5.41, 5.74) is 7.10. The molecule has 0 aliphatic carbocycles. The maximum Gasteiger partial charge on any atom is 0.120 e. The van der Waals surface area contributed by atoms with Crippen LogP contribution in [0, 0.1) is 0 Å². The SMILES string of the molecule is c1ccc(-c2nn(-c3ccccc3)c(-c3ccccc3)c2-n2nccc2P(c2ccccc2)c2ccccc2)cc1. The normalized spacial score (nSPS) is 11.1. The molecule has 7 aromatic rings. The summed E-state index contributed by atoms with van der Waals surface area (Å²) in [6, 6.07) is 54.9. The molecule has 5 aromatic carbocycles. The number of nitrogens with zero attached hydrogens (tertiary/aromatic N) is 4. The zero-order valence-corrected chi connectivity index (χ0v) is 23.2. The van der Waals surface area contributed by atoms with Gasteiger partial charge in [-0.15, -0.1) is 0 Å². The first-order chi connectivity index (χ1) is 20.4. The molecular weight excluding hydrogens is 519 g/mol. The van der Waals surface area contributed by atoms with E-state index in [1.54, 1.807) is 0 Å². The highest BCUT2D eigenvalue weighted by Gasteiger charge is 2.28. The maximum absolute atomic E-state index is 5.29. The van der Waals surface area contributed by atoms with Crippen molar-refractivity contribution in [3.63, 3.8) is 0 Å². The van der Waals surface area contributed by atoms with Gasteiger partial charge < -0.3 is 0 Å². The molecule has 2 heterocycles. The lowest BCUT2D eigenvalue weighted by Crippen LogP contribution is -2.26. The summed E-state index contributed by atoms with van der Waals surface area (Å²) < 4.78 is 4.19. The molecule has 0 amide bonds. The van der Waals surface area contributed by atoms with E-state index in [9.17, 15) is 0 Å². The fourth-order valence-corrected chi connectivity index (χ4v) is 7.54. The van der Waals surface area contributed by atoms with E-state index in [2.05, 4.69) is 149 Å². The zero-order chi connectivity index (χ0) is 27.4. The molecular formula is C36H27N4P. The Kier molecular flexibility index (Phi) is 6.82. The van der Waals surface area contributed by atoms with Crippen LogP contribution in [-0.2, 0) is 0 Å². The number of benzene rings is 5. The van der Waals surface area contributed by atoms with Gasteiger partial charge in [-0.2, -0.15) is 10.2 Å². The number of hydrogen-bond acceptors (Lipinski definition) is 2. The molecule has 0 saturated carbocycles. The zero-order valence-electron chi connectivity index (χ0n) is 22.3. The van der Waals surface area contributed by atoms with E-state index in [1.165, 1.54) is 10.6 Å². The van der Waals surface area contributed by atoms with Crippen molar-refractivity contribution in [2.45, 2.75) is 0 Å². The van der Waals surface area contributed by atoms with Gasteiger partial charge in [0.25, 0.3) is 0 Å². The van der Waals surface area contributed by atoms with Gasteiger partial charge in [-0.1, -0.05) is 140 Å². The molecule has 0 aliphatic heterocycles. The monoisotopic (exact) mass is 546 g/mol. The highest BCUT2D eigenvalue weighted by atomic mass is 31.1. The van der Waals surface area contributed by atoms with Crippen molar-refractivity contribution in [1.29, 1.82) is 0 Å². The molecule has 41 heavy (non-hydrogen) atoms. The van der Waals surface area contributed by atoms with E-state index in [1.807, 2.05) is 24.4 Å². The number of rotatable bonds is 7. The molecule has 5 heteroatoms. The number of hydrogen-bond donors (Lipinski definition) is 0. The largest absolute Gasteiger partial charge is 0.230 e. The van der Waals surface area contributed by atoms with Crippen LogP contribution in [0.15, 0.2) is 164 Å². The van der Waals surface area contributed by atoms with Crippen LogP contribution >= 0.6 is 7.92 Å². The van der Waals surface area contributed by atoms with Gasteiger partial charge in [-0.3, -0.25) is 0 Å². The minimum Gasteiger partial charge on any atom is -0.230 e. The molecule has 0 saturated heterocycles. The van der Waals surface area contributed by atoms with Crippen molar-refractivity contribution in [2.75, 3.05) is 0 Å². The van der Waals surface area contributed by atoms with Crippen LogP contribution < -0.4 is 16.0 Å². The Morgan fingerprint density at radius 2 is 0.951 bits per heavy atom. The van der Waals surface area contributed by atoms with Crippen LogP contribution in [0.4, 0.5) is 0 Å². The summed E-state index contributed by atoms with van der Waals surface area (Å²) >= 11 is 0. The van der Waals surface area contributed by atoms with Gasteiger partial charge in [0.15, 0.2) is 0 Å². The highest BCUT2D eigenvalue weighted by Crippen LogP contribution is 2.39. The molecule has 0 bridgehead atoms. The Hall–Kier alpha value is -5.05. The van der Waals surface area contributed by atoms with E-state index in [-0.39, 0.29) is 0 Å². The van der Waals surface area contributed by atoms with Crippen LogP contribution in [0.5, 0.6) is 0 Å². The van der Waals surface area contributed by atoms with Gasteiger partial charge in [0.05, 0.1) is 17.3 Å². The van der Waals surface area contributed by atoms with Crippen LogP contribution in [0.25, 0.3) is 33.9 Å². The van der Waals surface area contributed by atoms with Crippen molar-refractivity contribution in [1.82, 2.24) is 19.6 Å². The summed E-state index contributed by atoms with van der Waals surface area (Å²) in [4.78, 5) is 0. The predicted molar refractivity (Wildman–Crippen MR) is 170 cm³/mol. The fourth-order valence-electron chi connectivity index (χ4n) is 5.22. The van der Waals surface area contributed by atoms with E-state index in [0.717, 1.165) is 39.3 Å². The van der Waals surface area contributed by atoms with Crippen LogP contribution in [0.2, 0.25) is 0 Å². The number of aromatic nitrogens is 4. The predicted octanol–water partition coefficient (Wildman–Crippen LogP) is 7.15. The minimum absolute atomic E-state index is 0.884.